The number of carbonyl (C=O) groups is 1. The lowest BCUT2D eigenvalue weighted by Crippen LogP contribution is -2.45. The zero-order chi connectivity index (χ0) is 21.6. The van der Waals surface area contributed by atoms with Crippen LogP contribution in [0.5, 0.6) is 5.88 Å². The van der Waals surface area contributed by atoms with Gasteiger partial charge in [0.05, 0.1) is 19.0 Å². The van der Waals surface area contributed by atoms with Crippen LogP contribution >= 0.6 is 0 Å². The minimum Gasteiger partial charge on any atom is -0.481 e. The summed E-state index contributed by atoms with van der Waals surface area (Å²) in [5, 5.41) is 2.62. The van der Waals surface area contributed by atoms with E-state index in [1.807, 2.05) is 6.07 Å². The summed E-state index contributed by atoms with van der Waals surface area (Å²) < 4.78 is 46.8. The molecule has 30 heavy (non-hydrogen) atoms. The summed E-state index contributed by atoms with van der Waals surface area (Å²) >= 11 is 0. The smallest absolute Gasteiger partial charge is 0.244 e. The second kappa shape index (κ2) is 9.47. The fourth-order valence-corrected chi connectivity index (χ4v) is 4.03. The van der Waals surface area contributed by atoms with Gasteiger partial charge in [-0.1, -0.05) is 42.5 Å². The zero-order valence-corrected chi connectivity index (χ0v) is 16.9. The molecule has 156 valence electrons. The average molecular weight is 429 g/mol. The lowest BCUT2D eigenvalue weighted by atomic mass is 10.1. The third kappa shape index (κ3) is 5.40. The van der Waals surface area contributed by atoms with E-state index in [-0.39, 0.29) is 6.42 Å². The highest BCUT2D eigenvalue weighted by Gasteiger charge is 2.28. The van der Waals surface area contributed by atoms with Crippen molar-refractivity contribution in [3.8, 4) is 5.88 Å². The van der Waals surface area contributed by atoms with Gasteiger partial charge in [-0.05, 0) is 30.2 Å². The molecule has 0 saturated heterocycles. The summed E-state index contributed by atoms with van der Waals surface area (Å²) in [7, 11) is -2.81. The van der Waals surface area contributed by atoms with Crippen LogP contribution in [-0.2, 0) is 21.2 Å². The van der Waals surface area contributed by atoms with Crippen LogP contribution < -0.4 is 14.8 Å². The second-order valence-corrected chi connectivity index (χ2v) is 8.05. The van der Waals surface area contributed by atoms with Gasteiger partial charge in [0, 0.05) is 6.07 Å². The number of nitrogens with one attached hydrogen (secondary N) is 2. The molecule has 9 heteroatoms. The fraction of sp³-hybridized carbons (Fsp3) is 0.143. The SMILES string of the molecule is COc1ccc(NC(=O)C(Cc2ccccc2)NS(=O)(=O)c2ccccc2F)cn1. The highest BCUT2D eigenvalue weighted by molar-refractivity contribution is 7.89. The summed E-state index contributed by atoms with van der Waals surface area (Å²) in [4.78, 5) is 16.4. The minimum absolute atomic E-state index is 0.0734. The largest absolute Gasteiger partial charge is 0.481 e. The van der Waals surface area contributed by atoms with Crippen LogP contribution in [0.15, 0.2) is 77.8 Å². The third-order valence-electron chi connectivity index (χ3n) is 4.24. The van der Waals surface area contributed by atoms with Crippen molar-refractivity contribution in [3.05, 3.63) is 84.3 Å². The highest BCUT2D eigenvalue weighted by atomic mass is 32.2. The Bertz CT molecular complexity index is 1110. The number of anilines is 1. The van der Waals surface area contributed by atoms with Gasteiger partial charge in [-0.15, -0.1) is 0 Å². The molecule has 3 aromatic rings. The van der Waals surface area contributed by atoms with Gasteiger partial charge in [-0.3, -0.25) is 4.79 Å². The van der Waals surface area contributed by atoms with E-state index in [0.29, 0.717) is 11.6 Å². The zero-order valence-electron chi connectivity index (χ0n) is 16.1. The standard InChI is InChI=1S/C21H20FN3O4S/c1-29-20-12-11-16(14-23-20)24-21(26)18(13-15-7-3-2-4-8-15)25-30(27,28)19-10-6-5-9-17(19)22/h2-12,14,18,25H,13H2,1H3,(H,24,26). The van der Waals surface area contributed by atoms with Crippen LogP contribution in [0.1, 0.15) is 5.56 Å². The summed E-state index contributed by atoms with van der Waals surface area (Å²) in [5.41, 5.74) is 1.10. The molecule has 2 aromatic carbocycles. The van der Waals surface area contributed by atoms with Gasteiger partial charge in [-0.2, -0.15) is 4.72 Å². The molecule has 0 radical (unpaired) electrons. The molecule has 1 heterocycles. The predicted octanol–water partition coefficient (Wildman–Crippen LogP) is 2.76. The Morgan fingerprint density at radius 3 is 2.40 bits per heavy atom. The van der Waals surface area contributed by atoms with Crippen molar-refractivity contribution in [2.45, 2.75) is 17.4 Å². The summed E-state index contributed by atoms with van der Waals surface area (Å²) in [5.74, 6) is -1.14. The number of hydrogen-bond donors (Lipinski definition) is 2. The van der Waals surface area contributed by atoms with E-state index in [4.69, 9.17) is 4.74 Å². The van der Waals surface area contributed by atoms with Crippen LogP contribution in [0.4, 0.5) is 10.1 Å². The van der Waals surface area contributed by atoms with E-state index in [0.717, 1.165) is 17.7 Å². The van der Waals surface area contributed by atoms with E-state index in [1.54, 1.807) is 36.4 Å². The van der Waals surface area contributed by atoms with Crippen LogP contribution in [0.3, 0.4) is 0 Å². The number of benzene rings is 2. The number of ether oxygens (including phenoxy) is 1. The van der Waals surface area contributed by atoms with E-state index in [9.17, 15) is 17.6 Å². The van der Waals surface area contributed by atoms with Crippen LogP contribution in [0.2, 0.25) is 0 Å². The lowest BCUT2D eigenvalue weighted by molar-refractivity contribution is -0.117. The first-order chi connectivity index (χ1) is 14.4. The fourth-order valence-electron chi connectivity index (χ4n) is 2.76. The number of rotatable bonds is 8. The van der Waals surface area contributed by atoms with Gasteiger partial charge < -0.3 is 10.1 Å². The normalized spacial score (nSPS) is 12.2. The molecule has 0 aliphatic heterocycles. The molecular weight excluding hydrogens is 409 g/mol. The van der Waals surface area contributed by atoms with Crippen LogP contribution in [-0.4, -0.2) is 32.5 Å². The van der Waals surface area contributed by atoms with E-state index >= 15 is 0 Å². The first-order valence-corrected chi connectivity index (χ1v) is 10.5. The summed E-state index contributed by atoms with van der Waals surface area (Å²) in [6.07, 6.45) is 1.46. The monoisotopic (exact) mass is 429 g/mol. The number of methoxy groups -OCH3 is 1. The molecule has 1 amide bonds. The first-order valence-electron chi connectivity index (χ1n) is 9.01. The van der Waals surface area contributed by atoms with Crippen LogP contribution in [0.25, 0.3) is 0 Å². The first kappa shape index (κ1) is 21.4. The van der Waals surface area contributed by atoms with Crippen LogP contribution in [0, 0.1) is 5.82 Å². The number of pyridine rings is 1. The average Bonchev–Trinajstić information content (AvgIpc) is 2.74. The topological polar surface area (TPSA) is 97.4 Å². The number of carbonyl (C=O) groups excluding carboxylic acids is 1. The number of halogens is 1. The quantitative estimate of drug-likeness (QED) is 0.574. The van der Waals surface area contributed by atoms with Crippen molar-refractivity contribution < 1.29 is 22.3 Å². The molecule has 0 fully saturated rings. The Balaban J connectivity index is 1.85. The van der Waals surface area contributed by atoms with E-state index < -0.39 is 32.7 Å². The third-order valence-corrected chi connectivity index (χ3v) is 5.74. The maximum absolute atomic E-state index is 14.0. The molecule has 1 atom stereocenters. The molecule has 0 spiro atoms. The molecule has 1 aromatic heterocycles. The second-order valence-electron chi connectivity index (χ2n) is 6.37. The molecule has 1 unspecified atom stereocenters. The molecule has 7 nitrogen and oxygen atoms in total. The van der Waals surface area contributed by atoms with Gasteiger partial charge in [-0.25, -0.2) is 17.8 Å². The number of aromatic nitrogens is 1. The maximum atomic E-state index is 14.0. The van der Waals surface area contributed by atoms with Gasteiger partial charge in [0.15, 0.2) is 0 Å². The van der Waals surface area contributed by atoms with Crippen molar-refractivity contribution in [2.75, 3.05) is 12.4 Å². The van der Waals surface area contributed by atoms with Gasteiger partial charge in [0.25, 0.3) is 0 Å². The molecule has 0 aliphatic rings. The number of amides is 1. The molecule has 3 rings (SSSR count). The van der Waals surface area contributed by atoms with Gasteiger partial charge in [0.2, 0.25) is 21.8 Å². The maximum Gasteiger partial charge on any atom is 0.244 e. The van der Waals surface area contributed by atoms with Gasteiger partial charge >= 0.3 is 0 Å². The van der Waals surface area contributed by atoms with Crippen molar-refractivity contribution >= 4 is 21.6 Å². The summed E-state index contributed by atoms with van der Waals surface area (Å²) in [6, 6.07) is 15.9. The van der Waals surface area contributed by atoms with Crippen molar-refractivity contribution in [1.29, 1.82) is 0 Å². The number of sulfonamides is 1. The predicted molar refractivity (Wildman–Crippen MR) is 110 cm³/mol. The molecular formula is C21H20FN3O4S. The minimum atomic E-state index is -4.28. The Morgan fingerprint density at radius 1 is 1.07 bits per heavy atom. The van der Waals surface area contributed by atoms with Crippen molar-refractivity contribution in [3.63, 3.8) is 0 Å². The van der Waals surface area contributed by atoms with Gasteiger partial charge in [0.1, 0.15) is 16.8 Å². The lowest BCUT2D eigenvalue weighted by Gasteiger charge is -2.19. The number of nitrogens with zero attached hydrogens (tertiary/aromatic N) is 1. The highest BCUT2D eigenvalue weighted by Crippen LogP contribution is 2.16. The number of hydrogen-bond acceptors (Lipinski definition) is 5. The summed E-state index contributed by atoms with van der Waals surface area (Å²) in [6.45, 7) is 0. The Kier molecular flexibility index (Phi) is 6.76. The van der Waals surface area contributed by atoms with Crippen molar-refractivity contribution in [2.24, 2.45) is 0 Å². The Labute approximate surface area is 174 Å². The van der Waals surface area contributed by atoms with E-state index in [1.165, 1.54) is 25.4 Å². The van der Waals surface area contributed by atoms with Crippen molar-refractivity contribution in [1.82, 2.24) is 9.71 Å². The molecule has 0 aliphatic carbocycles. The Hall–Kier alpha value is -3.30. The molecule has 0 bridgehead atoms. The van der Waals surface area contributed by atoms with E-state index in [2.05, 4.69) is 15.0 Å². The Morgan fingerprint density at radius 2 is 1.77 bits per heavy atom. The molecule has 2 N–H and O–H groups in total. The molecule has 0 saturated carbocycles.